The van der Waals surface area contributed by atoms with Gasteiger partial charge in [0.25, 0.3) is 0 Å². The molecule has 21 heavy (non-hydrogen) atoms. The lowest BCUT2D eigenvalue weighted by molar-refractivity contribution is 0.459. The summed E-state index contributed by atoms with van der Waals surface area (Å²) in [5, 5.41) is 4.55. The van der Waals surface area contributed by atoms with E-state index in [2.05, 4.69) is 26.2 Å². The Balaban J connectivity index is 1.72. The van der Waals surface area contributed by atoms with Crippen LogP contribution in [-0.4, -0.2) is 11.0 Å². The van der Waals surface area contributed by atoms with Crippen LogP contribution in [0.4, 0.5) is 0 Å². The Morgan fingerprint density at radius 1 is 1.29 bits per heavy atom. The number of hydrogen-bond donors (Lipinski definition) is 1. The zero-order valence-electron chi connectivity index (χ0n) is 11.1. The van der Waals surface area contributed by atoms with Crippen molar-refractivity contribution in [2.45, 2.75) is 25.4 Å². The van der Waals surface area contributed by atoms with E-state index >= 15 is 0 Å². The fourth-order valence-corrected chi connectivity index (χ4v) is 2.84. The van der Waals surface area contributed by atoms with Gasteiger partial charge in [-0.3, -0.25) is 0 Å². The summed E-state index contributed by atoms with van der Waals surface area (Å²) in [6.45, 7) is 0.780. The van der Waals surface area contributed by atoms with Crippen LogP contribution in [0.3, 0.4) is 0 Å². The molecule has 1 heterocycles. The zero-order valence-corrected chi connectivity index (χ0v) is 14.2. The summed E-state index contributed by atoms with van der Waals surface area (Å²) in [6, 6.07) is 7.82. The van der Waals surface area contributed by atoms with Gasteiger partial charge >= 0.3 is 0 Å². The van der Waals surface area contributed by atoms with E-state index in [1.165, 1.54) is 12.8 Å². The van der Waals surface area contributed by atoms with Crippen molar-refractivity contribution in [3.05, 3.63) is 50.5 Å². The molecule has 6 heteroatoms. The average Bonchev–Trinajstić information content (AvgIpc) is 3.26. The van der Waals surface area contributed by atoms with Gasteiger partial charge in [-0.15, -0.1) is 0 Å². The lowest BCUT2D eigenvalue weighted by atomic mass is 10.3. The molecule has 1 fully saturated rings. The minimum absolute atomic E-state index is 0.384. The van der Waals surface area contributed by atoms with E-state index < -0.39 is 0 Å². The molecule has 1 saturated carbocycles. The molecule has 2 aromatic rings. The van der Waals surface area contributed by atoms with E-state index in [0.717, 1.165) is 16.6 Å². The largest absolute Gasteiger partial charge is 0.436 e. The SMILES string of the molecule is Clc1ccc(Oc2ncc(CNC3CC3)cc2Cl)c(Br)c1. The zero-order chi connectivity index (χ0) is 14.8. The number of benzene rings is 1. The first-order chi connectivity index (χ1) is 10.1. The van der Waals surface area contributed by atoms with Gasteiger partial charge in [-0.1, -0.05) is 23.2 Å². The van der Waals surface area contributed by atoms with Gasteiger partial charge in [0.2, 0.25) is 5.88 Å². The average molecular weight is 388 g/mol. The molecule has 0 unspecified atom stereocenters. The number of pyridine rings is 1. The molecule has 0 radical (unpaired) electrons. The Morgan fingerprint density at radius 2 is 2.10 bits per heavy atom. The van der Waals surface area contributed by atoms with Gasteiger partial charge < -0.3 is 10.1 Å². The smallest absolute Gasteiger partial charge is 0.238 e. The van der Waals surface area contributed by atoms with E-state index in [-0.39, 0.29) is 0 Å². The highest BCUT2D eigenvalue weighted by molar-refractivity contribution is 9.10. The van der Waals surface area contributed by atoms with Gasteiger partial charge in [0.15, 0.2) is 0 Å². The molecule has 1 aromatic carbocycles. The third kappa shape index (κ3) is 4.10. The van der Waals surface area contributed by atoms with E-state index in [1.807, 2.05) is 6.07 Å². The van der Waals surface area contributed by atoms with Crippen LogP contribution < -0.4 is 10.1 Å². The number of rotatable bonds is 5. The second kappa shape index (κ2) is 6.53. The lowest BCUT2D eigenvalue weighted by Crippen LogP contribution is -2.15. The monoisotopic (exact) mass is 386 g/mol. The van der Waals surface area contributed by atoms with Crippen LogP contribution in [0.1, 0.15) is 18.4 Å². The molecule has 1 aliphatic carbocycles. The highest BCUT2D eigenvalue weighted by atomic mass is 79.9. The van der Waals surface area contributed by atoms with Crippen molar-refractivity contribution in [3.8, 4) is 11.6 Å². The first-order valence-corrected chi connectivity index (χ1v) is 8.17. The Morgan fingerprint density at radius 3 is 2.76 bits per heavy atom. The minimum Gasteiger partial charge on any atom is -0.436 e. The number of halogens is 3. The van der Waals surface area contributed by atoms with Crippen LogP contribution in [0.25, 0.3) is 0 Å². The van der Waals surface area contributed by atoms with Crippen molar-refractivity contribution in [3.63, 3.8) is 0 Å². The van der Waals surface area contributed by atoms with Gasteiger partial charge in [0.1, 0.15) is 10.8 Å². The molecule has 3 nitrogen and oxygen atoms in total. The predicted molar refractivity (Wildman–Crippen MR) is 88.3 cm³/mol. The van der Waals surface area contributed by atoms with Gasteiger partial charge in [0.05, 0.1) is 4.47 Å². The number of hydrogen-bond acceptors (Lipinski definition) is 3. The Kier molecular flexibility index (Phi) is 4.69. The maximum absolute atomic E-state index is 6.24. The Labute approximate surface area is 141 Å². The lowest BCUT2D eigenvalue weighted by Gasteiger charge is -2.10. The van der Waals surface area contributed by atoms with Crippen molar-refractivity contribution < 1.29 is 4.74 Å². The standard InChI is InChI=1S/C15H13BrCl2N2O/c16-12-6-10(17)1-4-14(12)21-15-13(18)5-9(8-20-15)7-19-11-2-3-11/h1,4-6,8,11,19H,2-3,7H2. The summed E-state index contributed by atoms with van der Waals surface area (Å²) in [5.41, 5.74) is 1.05. The molecule has 0 spiro atoms. The quantitative estimate of drug-likeness (QED) is 0.765. The molecular weight excluding hydrogens is 375 g/mol. The van der Waals surface area contributed by atoms with Crippen LogP contribution in [0.15, 0.2) is 34.9 Å². The third-order valence-corrected chi connectivity index (χ3v) is 4.26. The van der Waals surface area contributed by atoms with Crippen LogP contribution in [-0.2, 0) is 6.54 Å². The molecule has 110 valence electrons. The fourth-order valence-electron chi connectivity index (χ4n) is 1.85. The number of ether oxygens (including phenoxy) is 1. The number of nitrogens with zero attached hydrogens (tertiary/aromatic N) is 1. The third-order valence-electron chi connectivity index (χ3n) is 3.14. The van der Waals surface area contributed by atoms with Gasteiger partial charge in [-0.25, -0.2) is 4.98 Å². The molecule has 1 aliphatic rings. The van der Waals surface area contributed by atoms with E-state index in [9.17, 15) is 0 Å². The second-order valence-electron chi connectivity index (χ2n) is 4.96. The summed E-state index contributed by atoms with van der Waals surface area (Å²) >= 11 is 15.5. The highest BCUT2D eigenvalue weighted by Gasteiger charge is 2.20. The van der Waals surface area contributed by atoms with Crippen molar-refractivity contribution >= 4 is 39.1 Å². The number of nitrogens with one attached hydrogen (secondary N) is 1. The topological polar surface area (TPSA) is 34.1 Å². The van der Waals surface area contributed by atoms with Crippen molar-refractivity contribution in [2.75, 3.05) is 0 Å². The summed E-state index contributed by atoms with van der Waals surface area (Å²) in [4.78, 5) is 4.29. The summed E-state index contributed by atoms with van der Waals surface area (Å²) in [5.74, 6) is 1.01. The van der Waals surface area contributed by atoms with Crippen LogP contribution in [0, 0.1) is 0 Å². The van der Waals surface area contributed by atoms with Crippen molar-refractivity contribution in [1.82, 2.24) is 10.3 Å². The number of aromatic nitrogens is 1. The predicted octanol–water partition coefficient (Wildman–Crippen LogP) is 5.20. The fraction of sp³-hybridized carbons (Fsp3) is 0.267. The molecule has 0 saturated heterocycles. The molecule has 3 rings (SSSR count). The van der Waals surface area contributed by atoms with Gasteiger partial charge in [0, 0.05) is 23.8 Å². The highest BCUT2D eigenvalue weighted by Crippen LogP contribution is 2.34. The first-order valence-electron chi connectivity index (χ1n) is 6.62. The van der Waals surface area contributed by atoms with Gasteiger partial charge in [-0.2, -0.15) is 0 Å². The summed E-state index contributed by atoms with van der Waals surface area (Å²) in [7, 11) is 0. The summed E-state index contributed by atoms with van der Waals surface area (Å²) in [6.07, 6.45) is 4.29. The second-order valence-corrected chi connectivity index (χ2v) is 6.66. The van der Waals surface area contributed by atoms with Gasteiger partial charge in [-0.05, 0) is 58.6 Å². The van der Waals surface area contributed by atoms with Crippen LogP contribution in [0.5, 0.6) is 11.6 Å². The Hall–Kier alpha value is -0.810. The van der Waals surface area contributed by atoms with E-state index in [4.69, 9.17) is 27.9 Å². The molecule has 0 aliphatic heterocycles. The molecule has 0 amide bonds. The molecule has 1 N–H and O–H groups in total. The van der Waals surface area contributed by atoms with Crippen LogP contribution in [0.2, 0.25) is 10.0 Å². The first kappa shape index (κ1) is 15.1. The molecule has 1 aromatic heterocycles. The maximum Gasteiger partial charge on any atom is 0.238 e. The van der Waals surface area contributed by atoms with E-state index in [0.29, 0.717) is 27.7 Å². The minimum atomic E-state index is 0.384. The Bertz CT molecular complexity index is 662. The van der Waals surface area contributed by atoms with Crippen molar-refractivity contribution in [2.24, 2.45) is 0 Å². The van der Waals surface area contributed by atoms with Crippen molar-refractivity contribution in [1.29, 1.82) is 0 Å². The maximum atomic E-state index is 6.24. The molecule has 0 atom stereocenters. The normalized spacial score (nSPS) is 14.2. The molecular formula is C15H13BrCl2N2O. The van der Waals surface area contributed by atoms with E-state index in [1.54, 1.807) is 24.4 Å². The molecule has 0 bridgehead atoms. The summed E-state index contributed by atoms with van der Waals surface area (Å²) < 4.78 is 6.48. The van der Waals surface area contributed by atoms with Crippen LogP contribution >= 0.6 is 39.1 Å².